The highest BCUT2D eigenvalue weighted by Crippen LogP contribution is 2.29. The van der Waals surface area contributed by atoms with Gasteiger partial charge < -0.3 is 10.1 Å². The molecule has 0 aliphatic carbocycles. The highest BCUT2D eigenvalue weighted by atomic mass is 35.5. The van der Waals surface area contributed by atoms with E-state index in [4.69, 9.17) is 16.3 Å². The van der Waals surface area contributed by atoms with Crippen LogP contribution in [0.15, 0.2) is 18.2 Å². The molecule has 2 rings (SSSR count). The van der Waals surface area contributed by atoms with E-state index in [2.05, 4.69) is 5.32 Å². The Bertz CT molecular complexity index is 453. The summed E-state index contributed by atoms with van der Waals surface area (Å²) < 4.78 is 5.45. The molecule has 6 heteroatoms. The molecule has 0 amide bonds. The molecular formula is C12H15ClN2O3. The Morgan fingerprint density at radius 2 is 2.33 bits per heavy atom. The standard InChI is InChI=1S/C12H15ClN2O3/c1-8-6-10(4-5-18-8)14-11-7-9(13)2-3-12(11)15(16)17/h2-3,7-8,10,14H,4-6H2,1H3. The molecule has 1 saturated heterocycles. The molecule has 1 aromatic carbocycles. The van der Waals surface area contributed by atoms with E-state index in [1.54, 1.807) is 6.07 Å². The molecule has 1 aromatic rings. The summed E-state index contributed by atoms with van der Waals surface area (Å²) >= 11 is 5.88. The molecule has 1 aliphatic rings. The van der Waals surface area contributed by atoms with Crippen LogP contribution in [0.25, 0.3) is 0 Å². The van der Waals surface area contributed by atoms with Crippen LogP contribution in [0.2, 0.25) is 5.02 Å². The molecule has 0 spiro atoms. The summed E-state index contributed by atoms with van der Waals surface area (Å²) in [6.45, 7) is 2.67. The van der Waals surface area contributed by atoms with Gasteiger partial charge in [0.2, 0.25) is 0 Å². The first-order chi connectivity index (χ1) is 8.56. The Morgan fingerprint density at radius 1 is 1.56 bits per heavy atom. The Morgan fingerprint density at radius 3 is 3.00 bits per heavy atom. The van der Waals surface area contributed by atoms with Crippen LogP contribution < -0.4 is 5.32 Å². The molecule has 1 heterocycles. The normalized spacial score (nSPS) is 23.7. The smallest absolute Gasteiger partial charge is 0.292 e. The van der Waals surface area contributed by atoms with Crippen LogP contribution in [0.3, 0.4) is 0 Å². The average molecular weight is 271 g/mol. The summed E-state index contributed by atoms with van der Waals surface area (Å²) in [6, 6.07) is 4.73. The summed E-state index contributed by atoms with van der Waals surface area (Å²) in [5.41, 5.74) is 0.533. The lowest BCUT2D eigenvalue weighted by Crippen LogP contribution is -2.32. The van der Waals surface area contributed by atoms with Gasteiger partial charge in [-0.25, -0.2) is 0 Å². The topological polar surface area (TPSA) is 64.4 Å². The molecule has 2 unspecified atom stereocenters. The van der Waals surface area contributed by atoms with Gasteiger partial charge in [-0.15, -0.1) is 0 Å². The van der Waals surface area contributed by atoms with E-state index in [9.17, 15) is 10.1 Å². The minimum atomic E-state index is -0.401. The maximum absolute atomic E-state index is 10.9. The van der Waals surface area contributed by atoms with Gasteiger partial charge in [0.05, 0.1) is 11.0 Å². The van der Waals surface area contributed by atoms with Crippen molar-refractivity contribution in [3.8, 4) is 0 Å². The van der Waals surface area contributed by atoms with Crippen molar-refractivity contribution in [2.24, 2.45) is 0 Å². The number of benzene rings is 1. The summed E-state index contributed by atoms with van der Waals surface area (Å²) in [5, 5.41) is 14.6. The predicted molar refractivity (Wildman–Crippen MR) is 70.2 cm³/mol. The van der Waals surface area contributed by atoms with Crippen molar-refractivity contribution >= 4 is 23.0 Å². The molecule has 0 radical (unpaired) electrons. The fourth-order valence-electron chi connectivity index (χ4n) is 2.13. The van der Waals surface area contributed by atoms with E-state index < -0.39 is 4.92 Å². The first-order valence-electron chi connectivity index (χ1n) is 5.88. The Kier molecular flexibility index (Phi) is 4.04. The van der Waals surface area contributed by atoms with Crippen LogP contribution in [0.4, 0.5) is 11.4 Å². The Hall–Kier alpha value is -1.33. The lowest BCUT2D eigenvalue weighted by molar-refractivity contribution is -0.384. The van der Waals surface area contributed by atoms with Crippen molar-refractivity contribution in [2.45, 2.75) is 31.9 Å². The van der Waals surface area contributed by atoms with Crippen LogP contribution >= 0.6 is 11.6 Å². The highest BCUT2D eigenvalue weighted by Gasteiger charge is 2.22. The molecule has 1 aliphatic heterocycles. The van der Waals surface area contributed by atoms with Gasteiger partial charge in [-0.2, -0.15) is 0 Å². The fraction of sp³-hybridized carbons (Fsp3) is 0.500. The molecule has 0 bridgehead atoms. The maximum atomic E-state index is 10.9. The van der Waals surface area contributed by atoms with E-state index in [0.29, 0.717) is 17.3 Å². The van der Waals surface area contributed by atoms with Gasteiger partial charge in [-0.3, -0.25) is 10.1 Å². The number of hydrogen-bond acceptors (Lipinski definition) is 4. The number of rotatable bonds is 3. The third-order valence-electron chi connectivity index (χ3n) is 3.00. The van der Waals surface area contributed by atoms with Gasteiger partial charge in [0.25, 0.3) is 5.69 Å². The Balaban J connectivity index is 2.16. The van der Waals surface area contributed by atoms with Gasteiger partial charge >= 0.3 is 0 Å². The van der Waals surface area contributed by atoms with E-state index >= 15 is 0 Å². The second kappa shape index (κ2) is 5.54. The minimum Gasteiger partial charge on any atom is -0.378 e. The van der Waals surface area contributed by atoms with E-state index in [-0.39, 0.29) is 17.8 Å². The molecular weight excluding hydrogens is 256 g/mol. The van der Waals surface area contributed by atoms with Crippen molar-refractivity contribution in [1.29, 1.82) is 0 Å². The number of hydrogen-bond donors (Lipinski definition) is 1. The SMILES string of the molecule is CC1CC(Nc2cc(Cl)ccc2[N+](=O)[O-])CCO1. The summed E-state index contributed by atoms with van der Waals surface area (Å²) in [7, 11) is 0. The van der Waals surface area contributed by atoms with Crippen LogP contribution in [0, 0.1) is 10.1 Å². The number of halogens is 1. The number of ether oxygens (including phenoxy) is 1. The third-order valence-corrected chi connectivity index (χ3v) is 3.24. The van der Waals surface area contributed by atoms with Crippen LogP contribution in [-0.2, 0) is 4.74 Å². The summed E-state index contributed by atoms with van der Waals surface area (Å²) in [6.07, 6.45) is 1.85. The quantitative estimate of drug-likeness (QED) is 0.676. The van der Waals surface area contributed by atoms with E-state index in [1.165, 1.54) is 12.1 Å². The zero-order valence-electron chi connectivity index (χ0n) is 10.1. The monoisotopic (exact) mass is 270 g/mol. The van der Waals surface area contributed by atoms with Gasteiger partial charge in [0.15, 0.2) is 0 Å². The molecule has 5 nitrogen and oxygen atoms in total. The highest BCUT2D eigenvalue weighted by molar-refractivity contribution is 6.31. The van der Waals surface area contributed by atoms with Gasteiger partial charge in [-0.1, -0.05) is 11.6 Å². The van der Waals surface area contributed by atoms with Crippen LogP contribution in [-0.4, -0.2) is 23.7 Å². The number of nitrogens with one attached hydrogen (secondary N) is 1. The Labute approximate surface area is 110 Å². The maximum Gasteiger partial charge on any atom is 0.292 e. The van der Waals surface area contributed by atoms with Gasteiger partial charge in [0.1, 0.15) is 5.69 Å². The molecule has 0 saturated carbocycles. The minimum absolute atomic E-state index is 0.0542. The molecule has 1 fully saturated rings. The largest absolute Gasteiger partial charge is 0.378 e. The zero-order valence-corrected chi connectivity index (χ0v) is 10.8. The van der Waals surface area contributed by atoms with Crippen molar-refractivity contribution < 1.29 is 9.66 Å². The second-order valence-electron chi connectivity index (χ2n) is 4.47. The van der Waals surface area contributed by atoms with Crippen molar-refractivity contribution in [2.75, 3.05) is 11.9 Å². The summed E-state index contributed by atoms with van der Waals surface area (Å²) in [5.74, 6) is 0. The molecule has 0 aromatic heterocycles. The van der Waals surface area contributed by atoms with E-state index in [1.807, 2.05) is 6.92 Å². The number of anilines is 1. The van der Waals surface area contributed by atoms with Crippen molar-refractivity contribution in [3.63, 3.8) is 0 Å². The van der Waals surface area contributed by atoms with Gasteiger partial charge in [0, 0.05) is 23.7 Å². The van der Waals surface area contributed by atoms with Gasteiger partial charge in [-0.05, 0) is 31.9 Å². The van der Waals surface area contributed by atoms with E-state index in [0.717, 1.165) is 12.8 Å². The molecule has 98 valence electrons. The number of nitro benzene ring substituents is 1. The third kappa shape index (κ3) is 3.11. The predicted octanol–water partition coefficient (Wildman–Crippen LogP) is 3.23. The molecule has 2 atom stereocenters. The van der Waals surface area contributed by atoms with Crippen molar-refractivity contribution in [1.82, 2.24) is 0 Å². The van der Waals surface area contributed by atoms with Crippen LogP contribution in [0.5, 0.6) is 0 Å². The molecule has 1 N–H and O–H groups in total. The number of nitro groups is 1. The van der Waals surface area contributed by atoms with Crippen LogP contribution in [0.1, 0.15) is 19.8 Å². The lowest BCUT2D eigenvalue weighted by Gasteiger charge is -2.28. The van der Waals surface area contributed by atoms with Crippen molar-refractivity contribution in [3.05, 3.63) is 33.3 Å². The average Bonchev–Trinajstić information content (AvgIpc) is 2.28. The summed E-state index contributed by atoms with van der Waals surface area (Å²) in [4.78, 5) is 10.5. The first-order valence-corrected chi connectivity index (χ1v) is 6.26. The first kappa shape index (κ1) is 13.1. The fourth-order valence-corrected chi connectivity index (χ4v) is 2.30. The molecule has 18 heavy (non-hydrogen) atoms. The lowest BCUT2D eigenvalue weighted by atomic mass is 10.0. The zero-order chi connectivity index (χ0) is 13.1. The second-order valence-corrected chi connectivity index (χ2v) is 4.90. The number of nitrogens with zero attached hydrogens (tertiary/aromatic N) is 1.